The summed E-state index contributed by atoms with van der Waals surface area (Å²) in [5.41, 5.74) is -2.97. The molecule has 1 atom stereocenters. The monoisotopic (exact) mass is 246 g/mol. The third-order valence-electron chi connectivity index (χ3n) is 1.30. The number of carboxylic acids is 3. The van der Waals surface area contributed by atoms with Gasteiger partial charge in [-0.2, -0.15) is 0 Å². The van der Waals surface area contributed by atoms with Crippen LogP contribution in [0.2, 0.25) is 0 Å². The molecule has 0 rings (SSSR count). The second-order valence-electron chi connectivity index (χ2n) is 2.34. The third kappa shape index (κ3) is 2.62. The zero-order chi connectivity index (χ0) is 11.5. The van der Waals surface area contributed by atoms with E-state index >= 15 is 0 Å². The molecule has 0 aromatic rings. The first kappa shape index (κ1) is 12.8. The average molecular weight is 246 g/mol. The number of carbonyl (C=O) groups is 3. The van der Waals surface area contributed by atoms with Crippen LogP contribution in [0.5, 0.6) is 0 Å². The van der Waals surface area contributed by atoms with Gasteiger partial charge in [0.15, 0.2) is 0 Å². The molecule has 14 heavy (non-hydrogen) atoms. The summed E-state index contributed by atoms with van der Waals surface area (Å²) in [6.45, 7) is 0. The van der Waals surface area contributed by atoms with Gasteiger partial charge >= 0.3 is 84.7 Å². The molecule has 0 fully saturated rings. The van der Waals surface area contributed by atoms with Crippen LogP contribution in [0.25, 0.3) is 0 Å². The summed E-state index contributed by atoms with van der Waals surface area (Å²) < 4.78 is -1.09. The number of aliphatic carboxylic acids is 3. The number of aliphatic hydroxyl groups is 1. The summed E-state index contributed by atoms with van der Waals surface area (Å²) in [6, 6.07) is 0. The molecule has 0 amide bonds. The van der Waals surface area contributed by atoms with Gasteiger partial charge in [-0.3, -0.25) is 0 Å². The van der Waals surface area contributed by atoms with Crippen molar-refractivity contribution in [3.05, 3.63) is 0 Å². The molecule has 0 aliphatic heterocycles. The molecule has 0 saturated carbocycles. The maximum atomic E-state index is 10.5. The van der Waals surface area contributed by atoms with Gasteiger partial charge in [0.2, 0.25) is 0 Å². The van der Waals surface area contributed by atoms with Crippen molar-refractivity contribution in [3.8, 4) is 0 Å². The van der Waals surface area contributed by atoms with E-state index in [9.17, 15) is 19.5 Å². The van der Waals surface area contributed by atoms with Crippen LogP contribution in [0.4, 0.5) is 0 Å². The number of hydrogen-bond donors (Lipinski definition) is 4. The van der Waals surface area contributed by atoms with E-state index < -0.39 is 34.3 Å². The van der Waals surface area contributed by atoms with E-state index in [4.69, 9.17) is 15.3 Å². The molecule has 1 unspecified atom stereocenters. The molecule has 0 aromatic heterocycles. The second-order valence-corrected chi connectivity index (χ2v) is 2.89. The zero-order valence-corrected chi connectivity index (χ0v) is 7.68. The molecular formula is C6H6FeO7+. The fraction of sp³-hybridized carbons (Fsp3) is 0.333. The normalized spacial score (nSPS) is 14.1. The van der Waals surface area contributed by atoms with Crippen LogP contribution >= 0.6 is 0 Å². The zero-order valence-electron chi connectivity index (χ0n) is 6.57. The van der Waals surface area contributed by atoms with Crippen LogP contribution in [-0.2, 0) is 30.0 Å². The topological polar surface area (TPSA) is 132 Å². The molecule has 0 bridgehead atoms. The first-order chi connectivity index (χ1) is 6.21. The molecule has 0 saturated heterocycles. The van der Waals surface area contributed by atoms with E-state index in [1.54, 1.807) is 0 Å². The molecule has 7 nitrogen and oxygen atoms in total. The summed E-state index contributed by atoms with van der Waals surface area (Å²) in [5, 5.41) is 34.3. The summed E-state index contributed by atoms with van der Waals surface area (Å²) in [4.78, 5) is 31.0. The number of carboxylic acid groups (broad SMARTS) is 3. The van der Waals surface area contributed by atoms with E-state index in [1.165, 1.54) is 0 Å². The Morgan fingerprint density at radius 3 is 1.79 bits per heavy atom. The predicted octanol–water partition coefficient (Wildman–Crippen LogP) is -1.92. The van der Waals surface area contributed by atoms with Crippen LogP contribution in [0.15, 0.2) is 0 Å². The molecule has 0 aliphatic rings. The number of hydrogen-bond acceptors (Lipinski definition) is 4. The van der Waals surface area contributed by atoms with Crippen molar-refractivity contribution < 1.29 is 50.4 Å². The average Bonchev–Trinajstić information content (AvgIpc) is 2.00. The fourth-order valence-corrected chi connectivity index (χ4v) is 0.854. The summed E-state index contributed by atoms with van der Waals surface area (Å²) in [7, 11) is 0. The Bertz CT molecular complexity index is 309. The third-order valence-corrected chi connectivity index (χ3v) is 1.99. The first-order valence-electron chi connectivity index (χ1n) is 3.14. The molecule has 0 spiro atoms. The molecule has 0 heterocycles. The molecule has 8 heteroatoms. The second kappa shape index (κ2) is 4.32. The minimum absolute atomic E-state index is 1.09. The van der Waals surface area contributed by atoms with Crippen LogP contribution in [0.1, 0.15) is 6.42 Å². The minimum atomic E-state index is -2.97. The van der Waals surface area contributed by atoms with E-state index in [1.807, 2.05) is 0 Å². The van der Waals surface area contributed by atoms with Gasteiger partial charge in [-0.15, -0.1) is 0 Å². The van der Waals surface area contributed by atoms with E-state index in [0.29, 0.717) is 0 Å². The maximum absolute atomic E-state index is 10.5. The van der Waals surface area contributed by atoms with Gasteiger partial charge in [-0.25, -0.2) is 0 Å². The Balaban J connectivity index is 5.10. The summed E-state index contributed by atoms with van der Waals surface area (Å²) in [5.74, 6) is -5.37. The van der Waals surface area contributed by atoms with Crippen LogP contribution in [0, 0.1) is 0 Å². The SMILES string of the molecule is O=C(O)CC(O)(C(=O)O)[C](=[Fe+])C(=O)O. The quantitative estimate of drug-likeness (QED) is 0.415. The van der Waals surface area contributed by atoms with E-state index in [0.717, 1.165) is 0 Å². The number of rotatable bonds is 5. The summed E-state index contributed by atoms with van der Waals surface area (Å²) >= 11 is 2.81. The van der Waals surface area contributed by atoms with Gasteiger partial charge in [0.25, 0.3) is 0 Å². The van der Waals surface area contributed by atoms with Crippen LogP contribution in [-0.4, -0.2) is 48.4 Å². The van der Waals surface area contributed by atoms with Gasteiger partial charge in [-0.1, -0.05) is 0 Å². The van der Waals surface area contributed by atoms with Crippen molar-refractivity contribution >= 4 is 22.3 Å². The Labute approximate surface area is 85.3 Å². The molecule has 0 radical (unpaired) electrons. The standard InChI is InChI=1S/C6H6O7.Fe/c7-3(8)1-6(13,5(11)12)2-4(9)10;/h13H,1H2,(H,7,8)(H,9,10)(H,11,12);/q;+1. The Morgan fingerprint density at radius 2 is 1.57 bits per heavy atom. The molecule has 79 valence electrons. The predicted molar refractivity (Wildman–Crippen MR) is 37.5 cm³/mol. The van der Waals surface area contributed by atoms with Crippen molar-refractivity contribution in [2.45, 2.75) is 12.0 Å². The van der Waals surface area contributed by atoms with Crippen molar-refractivity contribution in [3.63, 3.8) is 0 Å². The van der Waals surface area contributed by atoms with Gasteiger partial charge in [0, 0.05) is 0 Å². The van der Waals surface area contributed by atoms with Gasteiger partial charge in [0.1, 0.15) is 0 Å². The summed E-state index contributed by atoms with van der Waals surface area (Å²) in [6.07, 6.45) is -1.26. The Kier molecular flexibility index (Phi) is 3.93. The molecular weight excluding hydrogens is 240 g/mol. The van der Waals surface area contributed by atoms with Crippen molar-refractivity contribution in [1.29, 1.82) is 0 Å². The van der Waals surface area contributed by atoms with Gasteiger partial charge in [-0.05, 0) is 0 Å². The van der Waals surface area contributed by atoms with Gasteiger partial charge in [0.05, 0.1) is 0 Å². The van der Waals surface area contributed by atoms with E-state index in [-0.39, 0.29) is 0 Å². The van der Waals surface area contributed by atoms with Crippen LogP contribution in [0.3, 0.4) is 0 Å². The molecule has 0 aliphatic carbocycles. The Hall–Kier alpha value is -1.24. The van der Waals surface area contributed by atoms with Gasteiger partial charge < -0.3 is 0 Å². The van der Waals surface area contributed by atoms with Crippen molar-refractivity contribution in [2.24, 2.45) is 0 Å². The molecule has 0 aromatic carbocycles. The van der Waals surface area contributed by atoms with Crippen LogP contribution < -0.4 is 0 Å². The van der Waals surface area contributed by atoms with Crippen molar-refractivity contribution in [1.82, 2.24) is 0 Å². The molecule has 4 N–H and O–H groups in total. The van der Waals surface area contributed by atoms with E-state index in [2.05, 4.69) is 15.6 Å². The Morgan fingerprint density at radius 1 is 1.14 bits per heavy atom. The van der Waals surface area contributed by atoms with Crippen molar-refractivity contribution in [2.75, 3.05) is 0 Å². The fourth-order valence-electron chi connectivity index (χ4n) is 0.638. The first-order valence-corrected chi connectivity index (χ1v) is 3.69.